The van der Waals surface area contributed by atoms with Crippen LogP contribution < -0.4 is 15.6 Å². The number of methoxy groups -OCH3 is 1. The van der Waals surface area contributed by atoms with Crippen molar-refractivity contribution in [3.8, 4) is 11.4 Å². The van der Waals surface area contributed by atoms with E-state index in [1.807, 2.05) is 68.4 Å². The zero-order valence-corrected chi connectivity index (χ0v) is 17.1. The van der Waals surface area contributed by atoms with E-state index in [4.69, 9.17) is 4.74 Å². The summed E-state index contributed by atoms with van der Waals surface area (Å²) in [6, 6.07) is 16.9. The van der Waals surface area contributed by atoms with E-state index < -0.39 is 0 Å². The molecule has 0 aliphatic heterocycles. The van der Waals surface area contributed by atoms with E-state index in [-0.39, 0.29) is 16.7 Å². The van der Waals surface area contributed by atoms with Gasteiger partial charge in [-0.05, 0) is 50.2 Å². The first-order chi connectivity index (χ1) is 13.4. The Morgan fingerprint density at radius 2 is 1.75 bits per heavy atom. The number of carbonyl (C=O) groups is 1. The molecule has 2 aromatic carbocycles. The van der Waals surface area contributed by atoms with E-state index in [1.165, 1.54) is 11.8 Å². The van der Waals surface area contributed by atoms with E-state index in [1.54, 1.807) is 23.5 Å². The molecule has 0 aliphatic carbocycles. The highest BCUT2D eigenvalue weighted by molar-refractivity contribution is 8.00. The number of hydrogen-bond acceptors (Lipinski definition) is 4. The lowest BCUT2D eigenvalue weighted by molar-refractivity contribution is -0.115. The number of benzene rings is 2. The Bertz CT molecular complexity index is 1020. The molecule has 3 aromatic rings. The molecule has 0 spiro atoms. The largest absolute Gasteiger partial charge is 0.497 e. The zero-order valence-electron chi connectivity index (χ0n) is 16.3. The number of anilines is 1. The Morgan fingerprint density at radius 3 is 2.36 bits per heavy atom. The summed E-state index contributed by atoms with van der Waals surface area (Å²) in [5, 5.41) is 2.45. The highest BCUT2D eigenvalue weighted by Gasteiger charge is 2.21. The second-order valence-electron chi connectivity index (χ2n) is 6.36. The van der Waals surface area contributed by atoms with E-state index in [0.29, 0.717) is 11.4 Å². The number of nitrogens with zero attached hydrogens (tertiary/aromatic N) is 2. The van der Waals surface area contributed by atoms with Crippen molar-refractivity contribution < 1.29 is 9.53 Å². The third kappa shape index (κ3) is 3.99. The highest BCUT2D eigenvalue weighted by Crippen LogP contribution is 2.26. The molecule has 146 valence electrons. The van der Waals surface area contributed by atoms with Gasteiger partial charge in [0, 0.05) is 11.9 Å². The number of thioether (sulfide) groups is 1. The molecule has 1 atom stereocenters. The first-order valence-electron chi connectivity index (χ1n) is 8.88. The number of amides is 1. The van der Waals surface area contributed by atoms with Crippen LogP contribution in [0, 0.1) is 6.92 Å². The molecular weight excluding hydrogens is 374 g/mol. The Balaban J connectivity index is 1.79. The smallest absolute Gasteiger partial charge is 0.295 e. The molecule has 0 saturated heterocycles. The molecule has 6 nitrogen and oxygen atoms in total. The lowest BCUT2D eigenvalue weighted by Gasteiger charge is -2.11. The average Bonchev–Trinajstić information content (AvgIpc) is 2.92. The Morgan fingerprint density at radius 1 is 1.11 bits per heavy atom. The number of nitrogens with one attached hydrogen (secondary N) is 1. The van der Waals surface area contributed by atoms with Gasteiger partial charge >= 0.3 is 0 Å². The summed E-state index contributed by atoms with van der Waals surface area (Å²) in [7, 11) is 3.41. The van der Waals surface area contributed by atoms with Crippen molar-refractivity contribution in [1.29, 1.82) is 0 Å². The first kappa shape index (κ1) is 19.8. The molecule has 7 heteroatoms. The average molecular weight is 398 g/mol. The van der Waals surface area contributed by atoms with Gasteiger partial charge in [0.05, 0.1) is 23.7 Å². The fourth-order valence-electron chi connectivity index (χ4n) is 2.85. The molecule has 1 amide bonds. The van der Waals surface area contributed by atoms with Crippen molar-refractivity contribution in [2.45, 2.75) is 24.0 Å². The van der Waals surface area contributed by atoms with Crippen LogP contribution >= 0.6 is 11.8 Å². The molecule has 1 aromatic heterocycles. The topological polar surface area (TPSA) is 65.3 Å². The fraction of sp³-hybridized carbons (Fsp3) is 0.238. The van der Waals surface area contributed by atoms with Crippen LogP contribution in [-0.4, -0.2) is 27.6 Å². The van der Waals surface area contributed by atoms with E-state index in [0.717, 1.165) is 16.3 Å². The third-order valence-corrected chi connectivity index (χ3v) is 5.66. The summed E-state index contributed by atoms with van der Waals surface area (Å²) in [6.07, 6.45) is 0. The maximum absolute atomic E-state index is 12.9. The van der Waals surface area contributed by atoms with Crippen LogP contribution in [0.2, 0.25) is 0 Å². The van der Waals surface area contributed by atoms with Crippen molar-refractivity contribution in [3.05, 3.63) is 70.6 Å². The highest BCUT2D eigenvalue weighted by atomic mass is 32.2. The molecular formula is C21H23N3O3S. The lowest BCUT2D eigenvalue weighted by atomic mass is 10.3. The Kier molecular flexibility index (Phi) is 5.94. The first-order valence-corrected chi connectivity index (χ1v) is 9.76. The third-order valence-electron chi connectivity index (χ3n) is 4.54. The van der Waals surface area contributed by atoms with Crippen molar-refractivity contribution in [2.75, 3.05) is 12.4 Å². The summed E-state index contributed by atoms with van der Waals surface area (Å²) in [5.41, 5.74) is 1.50. The predicted octanol–water partition coefficient (Wildman–Crippen LogP) is 3.61. The number of para-hydroxylation sites is 1. The van der Waals surface area contributed by atoms with Gasteiger partial charge in [0.2, 0.25) is 5.91 Å². The molecule has 0 unspecified atom stereocenters. The molecule has 1 N–H and O–H groups in total. The van der Waals surface area contributed by atoms with Crippen LogP contribution in [0.4, 0.5) is 5.69 Å². The van der Waals surface area contributed by atoms with Crippen LogP contribution in [-0.2, 0) is 11.8 Å². The van der Waals surface area contributed by atoms with Crippen molar-refractivity contribution >= 4 is 23.4 Å². The lowest BCUT2D eigenvalue weighted by Crippen LogP contribution is -2.27. The Labute approximate surface area is 168 Å². The molecule has 0 radical (unpaired) electrons. The second kappa shape index (κ2) is 8.39. The Hall–Kier alpha value is -2.93. The number of hydrogen-bond donors (Lipinski definition) is 1. The number of rotatable bonds is 6. The van der Waals surface area contributed by atoms with Gasteiger partial charge in [0.1, 0.15) is 11.4 Å². The van der Waals surface area contributed by atoms with Gasteiger partial charge in [-0.25, -0.2) is 4.68 Å². The van der Waals surface area contributed by atoms with Crippen LogP contribution in [0.15, 0.2) is 64.3 Å². The monoisotopic (exact) mass is 397 g/mol. The molecule has 0 aliphatic rings. The maximum atomic E-state index is 12.9. The van der Waals surface area contributed by atoms with Gasteiger partial charge in [-0.1, -0.05) is 18.2 Å². The van der Waals surface area contributed by atoms with Crippen molar-refractivity contribution in [3.63, 3.8) is 0 Å². The molecule has 28 heavy (non-hydrogen) atoms. The minimum Gasteiger partial charge on any atom is -0.497 e. The normalized spacial score (nSPS) is 11.9. The van der Waals surface area contributed by atoms with Gasteiger partial charge < -0.3 is 10.1 Å². The van der Waals surface area contributed by atoms with E-state index in [2.05, 4.69) is 5.32 Å². The molecule has 1 heterocycles. The van der Waals surface area contributed by atoms with Gasteiger partial charge in [-0.3, -0.25) is 14.3 Å². The van der Waals surface area contributed by atoms with Gasteiger partial charge in [0.15, 0.2) is 0 Å². The quantitative estimate of drug-likeness (QED) is 0.646. The number of carbonyl (C=O) groups excluding carboxylic acids is 1. The molecule has 3 rings (SSSR count). The summed E-state index contributed by atoms with van der Waals surface area (Å²) in [6.45, 7) is 3.63. The minimum atomic E-state index is -0.363. The van der Waals surface area contributed by atoms with E-state index >= 15 is 0 Å². The SMILES string of the molecule is COc1ccc(S[C@@H](C)C(=O)Nc2c(C)n(C)n(-c3ccccc3)c2=O)cc1. The van der Waals surface area contributed by atoms with Crippen LogP contribution in [0.3, 0.4) is 0 Å². The molecule has 0 fully saturated rings. The van der Waals surface area contributed by atoms with Crippen LogP contribution in [0.1, 0.15) is 12.6 Å². The van der Waals surface area contributed by atoms with Gasteiger partial charge in [0.25, 0.3) is 5.56 Å². The molecule has 0 bridgehead atoms. The fourth-order valence-corrected chi connectivity index (χ4v) is 3.72. The van der Waals surface area contributed by atoms with Crippen LogP contribution in [0.25, 0.3) is 5.69 Å². The summed E-state index contributed by atoms with van der Waals surface area (Å²) in [5.74, 6) is 0.551. The van der Waals surface area contributed by atoms with E-state index in [9.17, 15) is 9.59 Å². The number of aromatic nitrogens is 2. The summed E-state index contributed by atoms with van der Waals surface area (Å²) >= 11 is 1.43. The zero-order chi connectivity index (χ0) is 20.3. The number of ether oxygens (including phenoxy) is 1. The minimum absolute atomic E-state index is 0.216. The van der Waals surface area contributed by atoms with Crippen molar-refractivity contribution in [2.24, 2.45) is 7.05 Å². The summed E-state index contributed by atoms with van der Waals surface area (Å²) < 4.78 is 8.44. The summed E-state index contributed by atoms with van der Waals surface area (Å²) in [4.78, 5) is 26.5. The predicted molar refractivity (Wildman–Crippen MR) is 113 cm³/mol. The van der Waals surface area contributed by atoms with Crippen molar-refractivity contribution in [1.82, 2.24) is 9.36 Å². The standard InChI is InChI=1S/C21H23N3O3S/c1-14-19(21(26)24(23(14)3)16-8-6-5-7-9-16)22-20(25)15(2)28-18-12-10-17(27-4)11-13-18/h5-13,15H,1-4H3,(H,22,25)/t15-/m0/s1. The van der Waals surface area contributed by atoms with Gasteiger partial charge in [-0.2, -0.15) is 0 Å². The van der Waals surface area contributed by atoms with Crippen LogP contribution in [0.5, 0.6) is 5.75 Å². The molecule has 0 saturated carbocycles. The maximum Gasteiger partial charge on any atom is 0.295 e. The van der Waals surface area contributed by atoms with Gasteiger partial charge in [-0.15, -0.1) is 11.8 Å². The second-order valence-corrected chi connectivity index (χ2v) is 7.78.